The molecule has 0 N–H and O–H groups in total. The van der Waals surface area contributed by atoms with Gasteiger partial charge in [0.15, 0.2) is 0 Å². The molecule has 2 rings (SSSR count). The Balaban J connectivity index is 2.50. The monoisotopic (exact) mass is 235 g/mol. The fraction of sp³-hybridized carbons (Fsp3) is 0.0667. The van der Waals surface area contributed by atoms with Crippen LogP contribution in [0.4, 0.5) is 0 Å². The van der Waals surface area contributed by atoms with Gasteiger partial charge < -0.3 is 4.57 Å². The van der Waals surface area contributed by atoms with Gasteiger partial charge in [0.1, 0.15) is 5.82 Å². The number of aromatic nitrogens is 2. The van der Waals surface area contributed by atoms with Crippen molar-refractivity contribution in [2.75, 3.05) is 0 Å². The maximum absolute atomic E-state index is 8.93. The first-order chi connectivity index (χ1) is 8.86. The second-order valence-corrected chi connectivity index (χ2v) is 3.75. The first-order valence-corrected chi connectivity index (χ1v) is 5.64. The first-order valence-electron chi connectivity index (χ1n) is 5.64. The van der Waals surface area contributed by atoms with Crippen LogP contribution in [-0.4, -0.2) is 9.55 Å². The van der Waals surface area contributed by atoms with Crippen molar-refractivity contribution in [3.05, 3.63) is 72.8 Å². The highest BCUT2D eigenvalue weighted by atomic mass is 15.1. The number of nitrogens with zero attached hydrogens (tertiary/aromatic N) is 3. The molecule has 0 amide bonds. The van der Waals surface area contributed by atoms with Crippen LogP contribution in [0.25, 0.3) is 5.57 Å². The summed E-state index contributed by atoms with van der Waals surface area (Å²) in [6, 6.07) is 11.9. The molecule has 0 aliphatic carbocycles. The Labute approximate surface area is 106 Å². The normalized spacial score (nSPS) is 10.9. The number of hydrogen-bond donors (Lipinski definition) is 0. The molecule has 1 aromatic carbocycles. The van der Waals surface area contributed by atoms with Crippen molar-refractivity contribution in [1.82, 2.24) is 9.55 Å². The van der Waals surface area contributed by atoms with E-state index in [2.05, 4.69) is 17.6 Å². The van der Waals surface area contributed by atoms with Crippen molar-refractivity contribution in [3.8, 4) is 6.07 Å². The van der Waals surface area contributed by atoms with Crippen molar-refractivity contribution in [3.63, 3.8) is 0 Å². The molecule has 0 saturated heterocycles. The number of nitriles is 1. The number of allylic oxidation sites excluding steroid dienone is 2. The van der Waals surface area contributed by atoms with Crippen LogP contribution in [0.5, 0.6) is 0 Å². The summed E-state index contributed by atoms with van der Waals surface area (Å²) in [6.07, 6.45) is 6.94. The Morgan fingerprint density at radius 1 is 1.39 bits per heavy atom. The summed E-state index contributed by atoms with van der Waals surface area (Å²) in [5, 5.41) is 8.93. The molecule has 0 unspecified atom stereocenters. The average molecular weight is 235 g/mol. The molecule has 1 heterocycles. The second-order valence-electron chi connectivity index (χ2n) is 3.75. The number of hydrogen-bond acceptors (Lipinski definition) is 2. The van der Waals surface area contributed by atoms with Crippen LogP contribution >= 0.6 is 0 Å². The van der Waals surface area contributed by atoms with E-state index in [1.165, 1.54) is 6.08 Å². The molecular formula is C15H13N3. The third kappa shape index (κ3) is 2.38. The zero-order valence-corrected chi connectivity index (χ0v) is 9.95. The quantitative estimate of drug-likeness (QED) is 0.603. The van der Waals surface area contributed by atoms with Crippen molar-refractivity contribution in [2.24, 2.45) is 0 Å². The minimum absolute atomic E-state index is 0.672. The highest BCUT2D eigenvalue weighted by Gasteiger charge is 2.10. The van der Waals surface area contributed by atoms with Gasteiger partial charge in [0.25, 0.3) is 0 Å². The lowest BCUT2D eigenvalue weighted by molar-refractivity contribution is 0.806. The standard InChI is InChI=1S/C15H13N3/c1-2-11-18-12-10-17-15(18)14(8-9-16)13-6-4-3-5-7-13/h2-8,10,12H,1,11H2/b14-8-. The van der Waals surface area contributed by atoms with E-state index in [9.17, 15) is 0 Å². The Morgan fingerprint density at radius 2 is 2.17 bits per heavy atom. The fourth-order valence-electron chi connectivity index (χ4n) is 1.80. The van der Waals surface area contributed by atoms with E-state index in [0.717, 1.165) is 17.0 Å². The molecule has 3 heteroatoms. The summed E-state index contributed by atoms with van der Waals surface area (Å²) < 4.78 is 1.96. The Bertz CT molecular complexity index is 600. The lowest BCUT2D eigenvalue weighted by atomic mass is 10.1. The maximum Gasteiger partial charge on any atom is 0.141 e. The van der Waals surface area contributed by atoms with Crippen LogP contribution in [-0.2, 0) is 6.54 Å². The van der Waals surface area contributed by atoms with Gasteiger partial charge in [-0.15, -0.1) is 6.58 Å². The van der Waals surface area contributed by atoms with Crippen LogP contribution in [0.3, 0.4) is 0 Å². The zero-order valence-electron chi connectivity index (χ0n) is 9.95. The van der Waals surface area contributed by atoms with Gasteiger partial charge in [-0.05, 0) is 5.56 Å². The average Bonchev–Trinajstić information content (AvgIpc) is 2.85. The van der Waals surface area contributed by atoms with Crippen molar-refractivity contribution < 1.29 is 0 Å². The molecule has 0 atom stereocenters. The Hall–Kier alpha value is -2.60. The summed E-state index contributed by atoms with van der Waals surface area (Å²) in [6.45, 7) is 4.39. The summed E-state index contributed by atoms with van der Waals surface area (Å²) in [5.74, 6) is 0.780. The van der Waals surface area contributed by atoms with Gasteiger partial charge >= 0.3 is 0 Å². The molecule has 18 heavy (non-hydrogen) atoms. The third-order valence-corrected chi connectivity index (χ3v) is 2.58. The molecule has 0 spiro atoms. The number of rotatable bonds is 4. The van der Waals surface area contributed by atoms with Crippen LogP contribution in [0.2, 0.25) is 0 Å². The fourth-order valence-corrected chi connectivity index (χ4v) is 1.80. The van der Waals surface area contributed by atoms with E-state index in [1.54, 1.807) is 12.3 Å². The van der Waals surface area contributed by atoms with Gasteiger partial charge in [-0.3, -0.25) is 0 Å². The van der Waals surface area contributed by atoms with E-state index < -0.39 is 0 Å². The predicted molar refractivity (Wildman–Crippen MR) is 71.6 cm³/mol. The topological polar surface area (TPSA) is 41.6 Å². The van der Waals surface area contributed by atoms with E-state index in [-0.39, 0.29) is 0 Å². The second kappa shape index (κ2) is 5.65. The molecule has 3 nitrogen and oxygen atoms in total. The van der Waals surface area contributed by atoms with Gasteiger partial charge in [0.05, 0.1) is 6.07 Å². The molecule has 2 aromatic rings. The number of imidazole rings is 1. The molecule has 0 saturated carbocycles. The van der Waals surface area contributed by atoms with Gasteiger partial charge in [-0.25, -0.2) is 4.98 Å². The van der Waals surface area contributed by atoms with Crippen molar-refractivity contribution >= 4 is 5.57 Å². The molecule has 0 radical (unpaired) electrons. The van der Waals surface area contributed by atoms with E-state index in [4.69, 9.17) is 5.26 Å². The summed E-state index contributed by atoms with van der Waals surface area (Å²) in [5.41, 5.74) is 1.81. The van der Waals surface area contributed by atoms with Gasteiger partial charge in [0, 0.05) is 30.6 Å². The molecule has 0 aliphatic heterocycles. The smallest absolute Gasteiger partial charge is 0.141 e. The van der Waals surface area contributed by atoms with Crippen molar-refractivity contribution in [1.29, 1.82) is 5.26 Å². The predicted octanol–water partition coefficient (Wildman–Crippen LogP) is 3.02. The zero-order chi connectivity index (χ0) is 12.8. The van der Waals surface area contributed by atoms with Gasteiger partial charge in [0.2, 0.25) is 0 Å². The van der Waals surface area contributed by atoms with E-state index in [1.807, 2.05) is 41.1 Å². The summed E-state index contributed by atoms with van der Waals surface area (Å²) in [4.78, 5) is 4.33. The van der Waals surface area contributed by atoms with Crippen LogP contribution < -0.4 is 0 Å². The molecule has 0 aliphatic rings. The first kappa shape index (κ1) is 11.9. The van der Waals surface area contributed by atoms with Gasteiger partial charge in [-0.1, -0.05) is 36.4 Å². The SMILES string of the molecule is C=CCn1ccnc1/C(=C\C#N)c1ccccc1. The lowest BCUT2D eigenvalue weighted by Gasteiger charge is -2.08. The maximum atomic E-state index is 8.93. The molecule has 1 aromatic heterocycles. The highest BCUT2D eigenvalue weighted by Crippen LogP contribution is 2.21. The summed E-state index contributed by atoms with van der Waals surface area (Å²) >= 11 is 0. The Kier molecular flexibility index (Phi) is 3.72. The minimum atomic E-state index is 0.672. The molecule has 88 valence electrons. The van der Waals surface area contributed by atoms with Crippen LogP contribution in [0.15, 0.2) is 61.5 Å². The van der Waals surface area contributed by atoms with Crippen LogP contribution in [0, 0.1) is 11.3 Å². The van der Waals surface area contributed by atoms with Gasteiger partial charge in [-0.2, -0.15) is 5.26 Å². The molecule has 0 fully saturated rings. The largest absolute Gasteiger partial charge is 0.327 e. The van der Waals surface area contributed by atoms with Crippen LogP contribution in [0.1, 0.15) is 11.4 Å². The molecule has 0 bridgehead atoms. The Morgan fingerprint density at radius 3 is 2.83 bits per heavy atom. The van der Waals surface area contributed by atoms with E-state index >= 15 is 0 Å². The lowest BCUT2D eigenvalue weighted by Crippen LogP contribution is -2.01. The number of benzene rings is 1. The molecular weight excluding hydrogens is 222 g/mol. The third-order valence-electron chi connectivity index (χ3n) is 2.58. The van der Waals surface area contributed by atoms with E-state index in [0.29, 0.717) is 6.54 Å². The van der Waals surface area contributed by atoms with Crippen molar-refractivity contribution in [2.45, 2.75) is 6.54 Å². The summed E-state index contributed by atoms with van der Waals surface area (Å²) in [7, 11) is 0. The minimum Gasteiger partial charge on any atom is -0.327 e. The highest BCUT2D eigenvalue weighted by molar-refractivity contribution is 5.78.